The largest absolute Gasteiger partial charge is 0.389 e. The highest BCUT2D eigenvalue weighted by molar-refractivity contribution is 7.89. The lowest BCUT2D eigenvalue weighted by atomic mass is 9.90. The Morgan fingerprint density at radius 3 is 2.65 bits per heavy atom. The molecule has 1 spiro atoms. The van der Waals surface area contributed by atoms with Gasteiger partial charge in [-0.25, -0.2) is 8.42 Å². The van der Waals surface area contributed by atoms with Crippen molar-refractivity contribution in [3.63, 3.8) is 0 Å². The third-order valence-corrected chi connectivity index (χ3v) is 5.98. The average Bonchev–Trinajstić information content (AvgIpc) is 2.87. The summed E-state index contributed by atoms with van der Waals surface area (Å²) in [5.74, 6) is 0. The Kier molecular flexibility index (Phi) is 3.48. The number of benzene rings is 1. The van der Waals surface area contributed by atoms with Crippen LogP contribution >= 0.6 is 11.6 Å². The van der Waals surface area contributed by atoms with Gasteiger partial charge >= 0.3 is 0 Å². The molecule has 20 heavy (non-hydrogen) atoms. The van der Waals surface area contributed by atoms with E-state index >= 15 is 0 Å². The van der Waals surface area contributed by atoms with Crippen LogP contribution in [0.2, 0.25) is 5.02 Å². The van der Waals surface area contributed by atoms with E-state index < -0.39 is 10.0 Å². The second-order valence-corrected chi connectivity index (χ2v) is 7.50. The van der Waals surface area contributed by atoms with Gasteiger partial charge in [0.2, 0.25) is 10.0 Å². The minimum atomic E-state index is -3.48. The average molecular weight is 315 g/mol. The molecule has 1 saturated heterocycles. The SMILES string of the molecule is O=S(=O)(c1cccc(Cl)c1)N1CCC2(CC=NO2)CC1. The fourth-order valence-corrected chi connectivity index (χ4v) is 4.34. The molecular formula is C13H15ClN2O3S. The molecule has 0 unspecified atom stereocenters. The molecule has 0 N–H and O–H groups in total. The molecule has 2 aliphatic rings. The lowest BCUT2D eigenvalue weighted by Crippen LogP contribution is -2.46. The van der Waals surface area contributed by atoms with E-state index in [2.05, 4.69) is 5.16 Å². The maximum atomic E-state index is 12.5. The number of rotatable bonds is 2. The molecule has 0 aliphatic carbocycles. The molecule has 5 nitrogen and oxygen atoms in total. The summed E-state index contributed by atoms with van der Waals surface area (Å²) in [6, 6.07) is 6.36. The van der Waals surface area contributed by atoms with Crippen LogP contribution < -0.4 is 0 Å². The highest BCUT2D eigenvalue weighted by Gasteiger charge is 2.41. The summed E-state index contributed by atoms with van der Waals surface area (Å²) in [7, 11) is -3.48. The van der Waals surface area contributed by atoms with Gasteiger partial charge in [-0.1, -0.05) is 22.8 Å². The Labute approximate surface area is 123 Å². The molecular weight excluding hydrogens is 300 g/mol. The summed E-state index contributed by atoms with van der Waals surface area (Å²) in [6.07, 6.45) is 3.83. The first-order valence-electron chi connectivity index (χ1n) is 6.48. The lowest BCUT2D eigenvalue weighted by molar-refractivity contribution is -0.0506. The third-order valence-electron chi connectivity index (χ3n) is 3.85. The highest BCUT2D eigenvalue weighted by atomic mass is 35.5. The van der Waals surface area contributed by atoms with E-state index in [0.717, 1.165) is 6.42 Å². The van der Waals surface area contributed by atoms with Gasteiger partial charge in [-0.2, -0.15) is 4.31 Å². The molecule has 108 valence electrons. The van der Waals surface area contributed by atoms with Gasteiger partial charge in [-0.05, 0) is 18.2 Å². The normalized spacial score (nSPS) is 22.1. The van der Waals surface area contributed by atoms with Crippen molar-refractivity contribution in [2.45, 2.75) is 29.8 Å². The molecule has 1 aromatic rings. The zero-order valence-electron chi connectivity index (χ0n) is 10.8. The van der Waals surface area contributed by atoms with Gasteiger partial charge in [0.15, 0.2) is 0 Å². The molecule has 2 heterocycles. The molecule has 0 aromatic heterocycles. The van der Waals surface area contributed by atoms with E-state index in [1.807, 2.05) is 0 Å². The fraction of sp³-hybridized carbons (Fsp3) is 0.462. The van der Waals surface area contributed by atoms with Crippen molar-refractivity contribution < 1.29 is 13.3 Å². The number of nitrogens with zero attached hydrogens (tertiary/aromatic N) is 2. The van der Waals surface area contributed by atoms with Crippen LogP contribution in [0, 0.1) is 0 Å². The van der Waals surface area contributed by atoms with Crippen LogP contribution in [0.15, 0.2) is 34.3 Å². The third kappa shape index (κ3) is 2.43. The number of halogens is 1. The number of piperidine rings is 1. The smallest absolute Gasteiger partial charge is 0.243 e. The Balaban J connectivity index is 1.77. The number of oxime groups is 1. The summed E-state index contributed by atoms with van der Waals surface area (Å²) in [6.45, 7) is 0.885. The van der Waals surface area contributed by atoms with Crippen LogP contribution in [-0.2, 0) is 14.9 Å². The second-order valence-electron chi connectivity index (χ2n) is 5.13. The van der Waals surface area contributed by atoms with Gasteiger partial charge in [0.05, 0.1) is 4.90 Å². The zero-order valence-corrected chi connectivity index (χ0v) is 12.4. The van der Waals surface area contributed by atoms with Gasteiger partial charge in [0.1, 0.15) is 5.60 Å². The van der Waals surface area contributed by atoms with Crippen molar-refractivity contribution >= 4 is 27.8 Å². The first-order valence-corrected chi connectivity index (χ1v) is 8.29. The van der Waals surface area contributed by atoms with E-state index in [1.165, 1.54) is 10.4 Å². The van der Waals surface area contributed by atoms with Crippen LogP contribution in [0.25, 0.3) is 0 Å². The Hall–Kier alpha value is -1.11. The van der Waals surface area contributed by atoms with Crippen molar-refractivity contribution in [3.05, 3.63) is 29.3 Å². The summed E-state index contributed by atoms with van der Waals surface area (Å²) in [5.41, 5.74) is -0.291. The van der Waals surface area contributed by atoms with Gasteiger partial charge in [-0.3, -0.25) is 0 Å². The van der Waals surface area contributed by atoms with E-state index in [9.17, 15) is 8.42 Å². The van der Waals surface area contributed by atoms with Crippen LogP contribution in [0.4, 0.5) is 0 Å². The summed E-state index contributed by atoms with van der Waals surface area (Å²) < 4.78 is 26.6. The predicted molar refractivity (Wildman–Crippen MR) is 76.4 cm³/mol. The maximum absolute atomic E-state index is 12.5. The molecule has 0 saturated carbocycles. The number of hydrogen-bond acceptors (Lipinski definition) is 4. The highest BCUT2D eigenvalue weighted by Crippen LogP contribution is 2.34. The van der Waals surface area contributed by atoms with Crippen LogP contribution in [0.3, 0.4) is 0 Å². The quantitative estimate of drug-likeness (QED) is 0.841. The van der Waals surface area contributed by atoms with Crippen molar-refractivity contribution in [2.24, 2.45) is 5.16 Å². The Morgan fingerprint density at radius 1 is 1.30 bits per heavy atom. The molecule has 1 aromatic carbocycles. The van der Waals surface area contributed by atoms with Crippen LogP contribution in [0.5, 0.6) is 0 Å². The van der Waals surface area contributed by atoms with Crippen molar-refractivity contribution in [2.75, 3.05) is 13.1 Å². The Morgan fingerprint density at radius 2 is 2.05 bits per heavy atom. The summed E-state index contributed by atoms with van der Waals surface area (Å²) in [4.78, 5) is 5.63. The van der Waals surface area contributed by atoms with E-state index in [1.54, 1.807) is 24.4 Å². The lowest BCUT2D eigenvalue weighted by Gasteiger charge is -2.36. The van der Waals surface area contributed by atoms with Crippen LogP contribution in [0.1, 0.15) is 19.3 Å². The van der Waals surface area contributed by atoms with E-state index in [-0.39, 0.29) is 10.5 Å². The first kappa shape index (κ1) is 13.9. The standard InChI is InChI=1S/C13H15ClN2O3S/c14-11-2-1-3-12(10-11)20(17,18)16-8-5-13(6-9-16)4-7-15-19-13/h1-3,7,10H,4-6,8-9H2. The van der Waals surface area contributed by atoms with Gasteiger partial charge < -0.3 is 4.84 Å². The molecule has 0 bridgehead atoms. The maximum Gasteiger partial charge on any atom is 0.243 e. The topological polar surface area (TPSA) is 59.0 Å². The van der Waals surface area contributed by atoms with Crippen molar-refractivity contribution in [1.82, 2.24) is 4.31 Å². The number of sulfonamides is 1. The van der Waals surface area contributed by atoms with E-state index in [0.29, 0.717) is 31.0 Å². The minimum absolute atomic E-state index is 0.240. The van der Waals surface area contributed by atoms with Crippen molar-refractivity contribution in [1.29, 1.82) is 0 Å². The molecule has 0 atom stereocenters. The molecule has 3 rings (SSSR count). The van der Waals surface area contributed by atoms with Crippen molar-refractivity contribution in [3.8, 4) is 0 Å². The summed E-state index contributed by atoms with van der Waals surface area (Å²) in [5, 5.41) is 4.23. The van der Waals surface area contributed by atoms with Gasteiger partial charge in [0, 0.05) is 43.6 Å². The van der Waals surface area contributed by atoms with E-state index in [4.69, 9.17) is 16.4 Å². The molecule has 0 radical (unpaired) electrons. The molecule has 1 fully saturated rings. The fourth-order valence-electron chi connectivity index (χ4n) is 2.60. The predicted octanol–water partition coefficient (Wildman–Crippen LogP) is 2.27. The monoisotopic (exact) mass is 314 g/mol. The zero-order chi connectivity index (χ0) is 14.2. The summed E-state index contributed by atoms with van der Waals surface area (Å²) >= 11 is 5.87. The minimum Gasteiger partial charge on any atom is -0.389 e. The second kappa shape index (κ2) is 5.02. The number of hydrogen-bond donors (Lipinski definition) is 0. The first-order chi connectivity index (χ1) is 9.52. The van der Waals surface area contributed by atoms with Crippen LogP contribution in [-0.4, -0.2) is 37.6 Å². The van der Waals surface area contributed by atoms with Gasteiger partial charge in [0.25, 0.3) is 0 Å². The molecule has 0 amide bonds. The molecule has 7 heteroatoms. The Bertz CT molecular complexity index is 627. The molecule has 2 aliphatic heterocycles. The van der Waals surface area contributed by atoms with Gasteiger partial charge in [-0.15, -0.1) is 0 Å².